The third-order valence-corrected chi connectivity index (χ3v) is 1.62. The van der Waals surface area contributed by atoms with Gasteiger partial charge in [-0.15, -0.1) is 0 Å². The molecule has 0 saturated carbocycles. The average molecular weight is 170 g/mol. The van der Waals surface area contributed by atoms with Gasteiger partial charge in [-0.25, -0.2) is 9.79 Å². The van der Waals surface area contributed by atoms with Crippen molar-refractivity contribution < 1.29 is 9.53 Å². The maximum Gasteiger partial charge on any atom is 0.334 e. The predicted octanol–water partition coefficient (Wildman–Crippen LogP) is 0.315. The zero-order valence-corrected chi connectivity index (χ0v) is 7.41. The van der Waals surface area contributed by atoms with Gasteiger partial charge in [0.05, 0.1) is 6.04 Å². The van der Waals surface area contributed by atoms with E-state index in [9.17, 15) is 4.79 Å². The molecule has 2 N–H and O–H groups in total. The van der Waals surface area contributed by atoms with Crippen molar-refractivity contribution in [3.63, 3.8) is 0 Å². The third kappa shape index (κ3) is 2.30. The van der Waals surface area contributed by atoms with Gasteiger partial charge in [0.1, 0.15) is 6.54 Å². The number of aliphatic imine (C=N–C) groups is 1. The molecule has 1 aliphatic rings. The molecule has 1 unspecified atom stereocenters. The first-order valence-corrected chi connectivity index (χ1v) is 4.10. The number of nitrogens with zero attached hydrogens (tertiary/aromatic N) is 1. The highest BCUT2D eigenvalue weighted by Crippen LogP contribution is 2.08. The molecule has 1 heterocycles. The number of carbonyl (C=O) groups excluding carboxylic acids is 1. The van der Waals surface area contributed by atoms with E-state index in [0.717, 1.165) is 6.42 Å². The highest BCUT2D eigenvalue weighted by atomic mass is 16.6. The highest BCUT2D eigenvalue weighted by molar-refractivity contribution is 5.97. The Bertz CT molecular complexity index is 211. The van der Waals surface area contributed by atoms with Crippen LogP contribution in [0, 0.1) is 5.92 Å². The van der Waals surface area contributed by atoms with Crippen LogP contribution < -0.4 is 5.73 Å². The van der Waals surface area contributed by atoms with E-state index in [1.54, 1.807) is 0 Å². The van der Waals surface area contributed by atoms with Gasteiger partial charge < -0.3 is 10.5 Å². The van der Waals surface area contributed by atoms with Crippen molar-refractivity contribution in [2.24, 2.45) is 16.6 Å². The van der Waals surface area contributed by atoms with Gasteiger partial charge in [0.15, 0.2) is 0 Å². The quantitative estimate of drug-likeness (QED) is 0.620. The largest absolute Gasteiger partial charge is 0.409 e. The molecule has 0 spiro atoms. The summed E-state index contributed by atoms with van der Waals surface area (Å²) in [5.41, 5.74) is 5.73. The molecule has 4 heteroatoms. The zero-order chi connectivity index (χ0) is 9.14. The van der Waals surface area contributed by atoms with Gasteiger partial charge in [-0.2, -0.15) is 0 Å². The van der Waals surface area contributed by atoms with E-state index in [1.165, 1.54) is 0 Å². The second-order valence-electron chi connectivity index (χ2n) is 3.36. The van der Waals surface area contributed by atoms with Gasteiger partial charge in [-0.1, -0.05) is 13.8 Å². The van der Waals surface area contributed by atoms with E-state index < -0.39 is 0 Å². The van der Waals surface area contributed by atoms with Crippen molar-refractivity contribution in [3.8, 4) is 0 Å². The third-order valence-electron chi connectivity index (χ3n) is 1.62. The summed E-state index contributed by atoms with van der Waals surface area (Å²) in [4.78, 5) is 14.5. The molecular formula is C8H14N2O2. The van der Waals surface area contributed by atoms with Crippen molar-refractivity contribution in [2.75, 3.05) is 6.54 Å². The number of cyclic esters (lactones) is 1. The first-order valence-electron chi connectivity index (χ1n) is 4.10. The summed E-state index contributed by atoms with van der Waals surface area (Å²) in [5, 5.41) is 0. The maximum absolute atomic E-state index is 10.7. The molecule has 0 aromatic carbocycles. The first-order chi connectivity index (χ1) is 5.59. The Labute approximate surface area is 71.8 Å². The van der Waals surface area contributed by atoms with Crippen molar-refractivity contribution in [3.05, 3.63) is 0 Å². The van der Waals surface area contributed by atoms with Crippen LogP contribution in [0.2, 0.25) is 0 Å². The van der Waals surface area contributed by atoms with E-state index in [-0.39, 0.29) is 18.6 Å². The van der Waals surface area contributed by atoms with Crippen LogP contribution >= 0.6 is 0 Å². The summed E-state index contributed by atoms with van der Waals surface area (Å²) in [6.07, 6.45) is 0.798. The lowest BCUT2D eigenvalue weighted by molar-refractivity contribution is -0.132. The number of carbonyl (C=O) groups is 1. The van der Waals surface area contributed by atoms with E-state index >= 15 is 0 Å². The molecule has 0 saturated heterocycles. The van der Waals surface area contributed by atoms with Gasteiger partial charge in [-0.05, 0) is 12.3 Å². The van der Waals surface area contributed by atoms with Crippen molar-refractivity contribution in [2.45, 2.75) is 26.3 Å². The van der Waals surface area contributed by atoms with Gasteiger partial charge in [0, 0.05) is 0 Å². The van der Waals surface area contributed by atoms with E-state index in [1.807, 2.05) is 0 Å². The van der Waals surface area contributed by atoms with Crippen LogP contribution in [0.25, 0.3) is 0 Å². The van der Waals surface area contributed by atoms with Crippen molar-refractivity contribution >= 4 is 11.9 Å². The molecule has 1 aliphatic heterocycles. The van der Waals surface area contributed by atoms with Gasteiger partial charge in [0.2, 0.25) is 5.90 Å². The van der Waals surface area contributed by atoms with Crippen LogP contribution in [0.5, 0.6) is 0 Å². The topological polar surface area (TPSA) is 64.7 Å². The number of nitrogens with two attached hydrogens (primary N) is 1. The molecule has 4 nitrogen and oxygen atoms in total. The Hall–Kier alpha value is -0.900. The average Bonchev–Trinajstić information content (AvgIpc) is 2.34. The summed E-state index contributed by atoms with van der Waals surface area (Å²) in [7, 11) is 0. The minimum atomic E-state index is -0.302. The molecule has 0 aliphatic carbocycles. The van der Waals surface area contributed by atoms with Gasteiger partial charge in [-0.3, -0.25) is 0 Å². The standard InChI is InChI=1S/C8H14N2O2/c1-5(2)3-6(9)8-10-4-7(11)12-8/h5-6H,3-4,9H2,1-2H3. The SMILES string of the molecule is CC(C)CC(N)C1=NCC(=O)O1. The Morgan fingerprint density at radius 2 is 2.33 bits per heavy atom. The molecule has 0 bridgehead atoms. The van der Waals surface area contributed by atoms with Crippen LogP contribution in [-0.2, 0) is 9.53 Å². The summed E-state index contributed by atoms with van der Waals surface area (Å²) >= 11 is 0. The van der Waals surface area contributed by atoms with E-state index in [4.69, 9.17) is 10.5 Å². The Morgan fingerprint density at radius 1 is 1.67 bits per heavy atom. The number of esters is 1. The van der Waals surface area contributed by atoms with Crippen LogP contribution in [0.4, 0.5) is 0 Å². The summed E-state index contributed by atoms with van der Waals surface area (Å²) in [6.45, 7) is 4.26. The second-order valence-corrected chi connectivity index (χ2v) is 3.36. The number of rotatable bonds is 3. The van der Waals surface area contributed by atoms with Crippen LogP contribution in [-0.4, -0.2) is 24.5 Å². The minimum Gasteiger partial charge on any atom is -0.409 e. The molecule has 0 fully saturated rings. The smallest absolute Gasteiger partial charge is 0.334 e. The van der Waals surface area contributed by atoms with Crippen molar-refractivity contribution in [1.29, 1.82) is 0 Å². The summed E-state index contributed by atoms with van der Waals surface area (Å²) in [5.74, 6) is 0.583. The Balaban J connectivity index is 2.43. The molecule has 0 aromatic rings. The Morgan fingerprint density at radius 3 is 2.75 bits per heavy atom. The molecule has 1 atom stereocenters. The molecule has 1 rings (SSSR count). The zero-order valence-electron chi connectivity index (χ0n) is 7.41. The summed E-state index contributed by atoms with van der Waals surface area (Å²) in [6, 6.07) is -0.226. The first kappa shape index (κ1) is 9.19. The molecule has 68 valence electrons. The van der Waals surface area contributed by atoms with Crippen molar-refractivity contribution in [1.82, 2.24) is 0 Å². The molecule has 0 radical (unpaired) electrons. The summed E-state index contributed by atoms with van der Waals surface area (Å²) < 4.78 is 4.81. The monoisotopic (exact) mass is 170 g/mol. The molecule has 12 heavy (non-hydrogen) atoms. The molecular weight excluding hydrogens is 156 g/mol. The lowest BCUT2D eigenvalue weighted by Gasteiger charge is -2.12. The normalized spacial score (nSPS) is 19.3. The molecule has 0 amide bonds. The Kier molecular flexibility index (Phi) is 2.81. The van der Waals surface area contributed by atoms with Gasteiger partial charge >= 0.3 is 5.97 Å². The number of ether oxygens (including phenoxy) is 1. The van der Waals surface area contributed by atoms with Crippen LogP contribution in [0.1, 0.15) is 20.3 Å². The lowest BCUT2D eigenvalue weighted by Crippen LogP contribution is -2.32. The van der Waals surface area contributed by atoms with E-state index in [0.29, 0.717) is 11.8 Å². The fourth-order valence-electron chi connectivity index (χ4n) is 1.13. The van der Waals surface area contributed by atoms with Gasteiger partial charge in [0.25, 0.3) is 0 Å². The lowest BCUT2D eigenvalue weighted by atomic mass is 10.0. The predicted molar refractivity (Wildman–Crippen MR) is 45.8 cm³/mol. The van der Waals surface area contributed by atoms with E-state index in [2.05, 4.69) is 18.8 Å². The minimum absolute atomic E-state index is 0.126. The number of hydrogen-bond donors (Lipinski definition) is 1. The second kappa shape index (κ2) is 3.67. The van der Waals surface area contributed by atoms with Crippen LogP contribution in [0.15, 0.2) is 4.99 Å². The fourth-order valence-corrected chi connectivity index (χ4v) is 1.13. The maximum atomic E-state index is 10.7. The fraction of sp³-hybridized carbons (Fsp3) is 0.750. The molecule has 0 aromatic heterocycles. The van der Waals surface area contributed by atoms with Crippen LogP contribution in [0.3, 0.4) is 0 Å². The highest BCUT2D eigenvalue weighted by Gasteiger charge is 2.22. The number of hydrogen-bond acceptors (Lipinski definition) is 4.